The SMILES string of the molecule is C.C=C(NCC1(CO)CC1)c1cnn2c(NC)cc(Nc3cccc(C4CCCCO4)n3)nc12.CNc1cc(Nc2cccc(C3CCCOC3)n2)nc2c(C(=O)N[C@@H]3C[C@@H]3F)cnn12.CNc1cc(Nc2cccc(N3CC[C@@H](OC)C3)n2)nc2c(C(=O)NC3CC3)cnn12.CNc1cc(Nc2cccc(N3CC[C@@H](OC)C3)n2)nc2c(C(=O)NC3CC3)cnn12. The van der Waals surface area contributed by atoms with Crippen molar-refractivity contribution in [1.29, 1.82) is 0 Å². The van der Waals surface area contributed by atoms with Gasteiger partial charge in [-0.25, -0.2) is 44.3 Å². The van der Waals surface area contributed by atoms with Gasteiger partial charge in [-0.1, -0.05) is 38.3 Å². The van der Waals surface area contributed by atoms with Crippen molar-refractivity contribution in [3.8, 4) is 0 Å². The lowest BCUT2D eigenvalue weighted by Crippen LogP contribution is -2.27. The smallest absolute Gasteiger partial charge is 0.257 e. The molecule has 39 heteroatoms. The van der Waals surface area contributed by atoms with E-state index < -0.39 is 12.2 Å². The Morgan fingerprint density at radius 3 is 1.31 bits per heavy atom. The zero-order valence-corrected chi connectivity index (χ0v) is 71.4. The standard InChI is InChI=1S/C24H31N7O2.C21H24FN7O2.2C21H26N8O2.CH4/c1-16(26-14-24(15-32)9-10-24)17-13-27-31-22(25-2)12-21(30-23(17)31)29-20-8-5-6-18(28-20)19-7-3-4-11-33-19;1-23-19-9-18(27-17-6-2-5-15(25-17)12-4-3-7-31-11-12)28-20-13(10-24-29(19)20)21(30)26-16-8-14(16)22;2*1-22-19-10-17(27-20-15(11-23-29(19)20)21(30)24-13-6-7-13)25-16-4-3-5-18(26-16)28-9-8-14(12-28)31-2;/h5-6,8,12-13,19,25-26,32H,1,3-4,7,9-11,14-15H2,2H3,(H,28,29,30);2,5-6,9-10,12,14,16,23H,3-4,7-8,11H2,1H3,(H,26,30)(H,25,27,28);2*3-5,10-11,13-14,22H,6-9,12H2,1-2H3,(H,24,30)(H,25,26,27);1H4/t;12?,14-,16+;2*14-;/m.011./s1. The average Bonchev–Trinajstić information content (AvgIpc) is 1.66. The molecule has 12 aromatic rings. The van der Waals surface area contributed by atoms with Crippen LogP contribution in [0.4, 0.5) is 85.8 Å². The number of halogens is 1. The molecule has 20 rings (SSSR count). The molecule has 12 aromatic heterocycles. The number of anilines is 14. The summed E-state index contributed by atoms with van der Waals surface area (Å²) in [4.78, 5) is 79.9. The molecular weight excluding hydrogens is 1620 g/mol. The summed E-state index contributed by atoms with van der Waals surface area (Å²) in [6, 6.07) is 31.0. The minimum absolute atomic E-state index is 0. The minimum Gasteiger partial charge on any atom is -0.396 e. The van der Waals surface area contributed by atoms with E-state index in [1.54, 1.807) is 64.0 Å². The second kappa shape index (κ2) is 39.1. The largest absolute Gasteiger partial charge is 0.396 e. The monoisotopic (exact) mass is 1730 g/mol. The van der Waals surface area contributed by atoms with Crippen LogP contribution < -0.4 is 73.6 Å². The van der Waals surface area contributed by atoms with Crippen LogP contribution in [0, 0.1) is 5.41 Å². The van der Waals surface area contributed by atoms with Crippen molar-refractivity contribution in [2.24, 2.45) is 5.41 Å². The molecule has 4 aliphatic carbocycles. The van der Waals surface area contributed by atoms with Crippen LogP contribution in [0.15, 0.2) is 128 Å². The highest BCUT2D eigenvalue weighted by Gasteiger charge is 2.42. The molecule has 0 spiro atoms. The predicted octanol–water partition coefficient (Wildman–Crippen LogP) is 10.8. The first-order valence-corrected chi connectivity index (χ1v) is 43.1. The fourth-order valence-corrected chi connectivity index (χ4v) is 15.5. The third-order valence-corrected chi connectivity index (χ3v) is 23.5. The maximum Gasteiger partial charge on any atom is 0.257 e. The van der Waals surface area contributed by atoms with E-state index in [2.05, 4.69) is 116 Å². The molecular formula is C88H111FN30O8. The number of aliphatic hydroxyl groups excluding tert-OH is 1. The highest BCUT2D eigenvalue weighted by atomic mass is 19.1. The lowest BCUT2D eigenvalue weighted by atomic mass is 9.98. The van der Waals surface area contributed by atoms with E-state index in [1.807, 2.05) is 112 Å². The van der Waals surface area contributed by atoms with Gasteiger partial charge in [0.15, 0.2) is 22.6 Å². The lowest BCUT2D eigenvalue weighted by Gasteiger charge is -2.22. The zero-order valence-electron chi connectivity index (χ0n) is 71.4. The number of nitrogens with zero attached hydrogens (tertiary/aromatic N) is 18. The van der Waals surface area contributed by atoms with Gasteiger partial charge in [0.05, 0.1) is 73.6 Å². The number of ether oxygens (including phenoxy) is 4. The first-order chi connectivity index (χ1) is 61.5. The predicted molar refractivity (Wildman–Crippen MR) is 485 cm³/mol. The molecule has 2 unspecified atom stereocenters. The van der Waals surface area contributed by atoms with Gasteiger partial charge in [0.2, 0.25) is 0 Å². The molecule has 668 valence electrons. The van der Waals surface area contributed by atoms with Crippen molar-refractivity contribution in [3.63, 3.8) is 0 Å². The van der Waals surface area contributed by atoms with E-state index in [1.165, 1.54) is 6.20 Å². The molecule has 4 aliphatic heterocycles. The molecule has 127 heavy (non-hydrogen) atoms. The van der Waals surface area contributed by atoms with E-state index in [0.29, 0.717) is 105 Å². The molecule has 6 atom stereocenters. The summed E-state index contributed by atoms with van der Waals surface area (Å²) in [5, 5.41) is 64.7. The number of hydrogen-bond donors (Lipinski definition) is 13. The van der Waals surface area contributed by atoms with Crippen LogP contribution in [0.3, 0.4) is 0 Å². The Kier molecular flexibility index (Phi) is 26.9. The van der Waals surface area contributed by atoms with E-state index in [-0.39, 0.29) is 73.5 Å². The summed E-state index contributed by atoms with van der Waals surface area (Å²) < 4.78 is 42.2. The van der Waals surface area contributed by atoms with E-state index in [0.717, 1.165) is 180 Å². The normalized spacial score (nSPS) is 19.6. The van der Waals surface area contributed by atoms with Gasteiger partial charge >= 0.3 is 0 Å². The van der Waals surface area contributed by atoms with E-state index in [9.17, 15) is 23.9 Å². The minimum atomic E-state index is -0.975. The number of aliphatic hydroxyl groups is 1. The molecule has 8 aliphatic rings. The summed E-state index contributed by atoms with van der Waals surface area (Å²) in [6.07, 6.45) is 19.7. The molecule has 4 saturated carbocycles. The number of amides is 3. The highest BCUT2D eigenvalue weighted by molar-refractivity contribution is 6.02. The lowest BCUT2D eigenvalue weighted by molar-refractivity contribution is 0.0124. The van der Waals surface area contributed by atoms with Crippen LogP contribution in [-0.4, -0.2) is 239 Å². The Bertz CT molecular complexity index is 5720. The molecule has 38 nitrogen and oxygen atoms in total. The van der Waals surface area contributed by atoms with Gasteiger partial charge in [0, 0.05) is 154 Å². The molecule has 3 amide bonds. The topological polar surface area (TPSA) is 432 Å². The van der Waals surface area contributed by atoms with E-state index in [4.69, 9.17) is 43.9 Å². The van der Waals surface area contributed by atoms with Crippen molar-refractivity contribution in [1.82, 2.24) is 99.6 Å². The number of alkyl halides is 1. The first-order valence-electron chi connectivity index (χ1n) is 43.1. The second-order valence-electron chi connectivity index (χ2n) is 32.7. The maximum atomic E-state index is 13.2. The van der Waals surface area contributed by atoms with Crippen LogP contribution in [0.25, 0.3) is 28.3 Å². The van der Waals surface area contributed by atoms with Crippen LogP contribution in [-0.2, 0) is 18.9 Å². The molecule has 0 aromatic carbocycles. The Hall–Kier alpha value is -13.2. The van der Waals surface area contributed by atoms with Crippen LogP contribution >= 0.6 is 0 Å². The number of carbonyl (C=O) groups is 3. The Morgan fingerprint density at radius 1 is 0.504 bits per heavy atom. The summed E-state index contributed by atoms with van der Waals surface area (Å²) in [5.41, 5.74) is 6.71. The average molecular weight is 1740 g/mol. The summed E-state index contributed by atoms with van der Waals surface area (Å²) in [5.74, 6) is 9.36. The highest BCUT2D eigenvalue weighted by Crippen LogP contribution is 2.45. The molecule has 13 N–H and O–H groups in total. The molecule has 0 radical (unpaired) electrons. The third kappa shape index (κ3) is 20.7. The first kappa shape index (κ1) is 87.2. The summed E-state index contributed by atoms with van der Waals surface area (Å²) in [6.45, 7) is 10.8. The summed E-state index contributed by atoms with van der Waals surface area (Å²) >= 11 is 0. The second-order valence-corrected chi connectivity index (χ2v) is 32.7. The van der Waals surface area contributed by atoms with E-state index >= 15 is 0 Å². The van der Waals surface area contributed by atoms with Gasteiger partial charge in [-0.05, 0) is 132 Å². The molecule has 4 saturated heterocycles. The number of aromatic nitrogens is 16. The fourth-order valence-electron chi connectivity index (χ4n) is 15.5. The maximum absolute atomic E-state index is 13.2. The van der Waals surface area contributed by atoms with Gasteiger partial charge < -0.3 is 97.7 Å². The van der Waals surface area contributed by atoms with Crippen molar-refractivity contribution in [3.05, 3.63) is 162 Å². The van der Waals surface area contributed by atoms with Crippen molar-refractivity contribution >= 4 is 127 Å². The van der Waals surface area contributed by atoms with Gasteiger partial charge in [-0.15, -0.1) is 0 Å². The van der Waals surface area contributed by atoms with Crippen molar-refractivity contribution in [2.45, 2.75) is 146 Å². The van der Waals surface area contributed by atoms with Crippen LogP contribution in [0.2, 0.25) is 0 Å². The Balaban J connectivity index is 0.000000124. The summed E-state index contributed by atoms with van der Waals surface area (Å²) in [7, 11) is 10.7. The van der Waals surface area contributed by atoms with Gasteiger partial charge in [0.25, 0.3) is 17.7 Å². The quantitative estimate of drug-likeness (QED) is 0.0207. The molecule has 0 bridgehead atoms. The number of hydrogen-bond acceptors (Lipinski definition) is 31. The number of rotatable bonds is 29. The number of pyridine rings is 4. The van der Waals surface area contributed by atoms with Crippen molar-refractivity contribution < 1.29 is 42.8 Å². The number of carbonyl (C=O) groups excluding carboxylic acids is 3. The number of nitrogens with one attached hydrogen (secondary N) is 12. The number of fused-ring (bicyclic) bond motifs is 4. The third-order valence-electron chi connectivity index (χ3n) is 23.5. The Labute approximate surface area is 733 Å². The molecule has 8 fully saturated rings. The van der Waals surface area contributed by atoms with Crippen LogP contribution in [0.5, 0.6) is 0 Å². The van der Waals surface area contributed by atoms with Crippen LogP contribution in [0.1, 0.15) is 157 Å². The molecule has 16 heterocycles. The van der Waals surface area contributed by atoms with Gasteiger partial charge in [-0.3, -0.25) is 14.4 Å². The van der Waals surface area contributed by atoms with Gasteiger partial charge in [0.1, 0.15) is 104 Å². The van der Waals surface area contributed by atoms with Gasteiger partial charge in [-0.2, -0.15) is 38.5 Å². The Morgan fingerprint density at radius 2 is 0.921 bits per heavy atom. The zero-order chi connectivity index (χ0) is 87.0. The fraction of sp³-hybridized carbons (Fsp3) is 0.443. The number of methoxy groups -OCH3 is 2. The van der Waals surface area contributed by atoms with Crippen molar-refractivity contribution in [2.75, 3.05) is 154 Å².